The highest BCUT2D eigenvalue weighted by Gasteiger charge is 2.19. The van der Waals surface area contributed by atoms with Gasteiger partial charge in [-0.3, -0.25) is 14.7 Å². The number of thioether (sulfide) groups is 1. The molecule has 22 heavy (non-hydrogen) atoms. The Morgan fingerprint density at radius 3 is 2.86 bits per heavy atom. The van der Waals surface area contributed by atoms with Crippen molar-refractivity contribution in [3.05, 3.63) is 23.8 Å². The topological polar surface area (TPSA) is 78.3 Å². The number of hydrogen-bond acceptors (Lipinski definition) is 6. The number of carbonyl (C=O) groups excluding carboxylic acids is 1. The van der Waals surface area contributed by atoms with E-state index in [0.29, 0.717) is 23.0 Å². The second kappa shape index (κ2) is 6.27. The van der Waals surface area contributed by atoms with E-state index in [0.717, 1.165) is 23.9 Å². The van der Waals surface area contributed by atoms with Crippen molar-refractivity contribution in [3.63, 3.8) is 0 Å². The van der Waals surface area contributed by atoms with E-state index < -0.39 is 0 Å². The van der Waals surface area contributed by atoms with Crippen LogP contribution in [0.25, 0.3) is 0 Å². The Kier molecular flexibility index (Phi) is 4.19. The Bertz CT molecular complexity index is 701. The molecule has 0 saturated heterocycles. The predicted molar refractivity (Wildman–Crippen MR) is 82.9 cm³/mol. The van der Waals surface area contributed by atoms with Crippen molar-refractivity contribution in [2.45, 2.75) is 18.1 Å². The molecule has 0 fully saturated rings. The van der Waals surface area contributed by atoms with Gasteiger partial charge in [0.25, 0.3) is 5.91 Å². The molecule has 1 aliphatic rings. The Balaban J connectivity index is 1.81. The average molecular weight is 320 g/mol. The first-order valence-corrected chi connectivity index (χ1v) is 7.81. The molecule has 116 valence electrons. The molecule has 0 radical (unpaired) electrons. The monoisotopic (exact) mass is 320 g/mol. The number of nitrogens with one attached hydrogen (secondary N) is 1. The van der Waals surface area contributed by atoms with E-state index >= 15 is 0 Å². The number of aromatic nitrogens is 3. The Labute approximate surface area is 132 Å². The first-order valence-electron chi connectivity index (χ1n) is 6.82. The van der Waals surface area contributed by atoms with Gasteiger partial charge in [0.1, 0.15) is 0 Å². The van der Waals surface area contributed by atoms with Gasteiger partial charge in [-0.1, -0.05) is 11.8 Å². The molecule has 1 amide bonds. The van der Waals surface area contributed by atoms with Crippen molar-refractivity contribution < 1.29 is 14.3 Å². The van der Waals surface area contributed by atoms with Crippen LogP contribution >= 0.6 is 11.8 Å². The zero-order valence-electron chi connectivity index (χ0n) is 12.3. The molecule has 1 aromatic heterocycles. The molecule has 0 spiro atoms. The van der Waals surface area contributed by atoms with Gasteiger partial charge in [-0.15, -0.1) is 10.2 Å². The van der Waals surface area contributed by atoms with Gasteiger partial charge in [-0.2, -0.15) is 0 Å². The van der Waals surface area contributed by atoms with Crippen LogP contribution in [0.15, 0.2) is 23.4 Å². The molecule has 1 aromatic carbocycles. The maximum Gasteiger partial charge on any atom is 0.258 e. The van der Waals surface area contributed by atoms with Crippen LogP contribution in [-0.2, 0) is 6.54 Å². The minimum atomic E-state index is -0.258. The van der Waals surface area contributed by atoms with Crippen molar-refractivity contribution in [1.82, 2.24) is 14.8 Å². The van der Waals surface area contributed by atoms with Gasteiger partial charge in [0.15, 0.2) is 16.7 Å². The van der Waals surface area contributed by atoms with Gasteiger partial charge in [-0.25, -0.2) is 0 Å². The fourth-order valence-electron chi connectivity index (χ4n) is 2.23. The third-order valence-corrected chi connectivity index (χ3v) is 4.40. The number of rotatable bonds is 4. The number of benzene rings is 1. The van der Waals surface area contributed by atoms with Crippen LogP contribution in [0.2, 0.25) is 0 Å². The lowest BCUT2D eigenvalue weighted by molar-refractivity contribution is 0.102. The Morgan fingerprint density at radius 2 is 2.09 bits per heavy atom. The van der Waals surface area contributed by atoms with Crippen molar-refractivity contribution in [2.24, 2.45) is 0 Å². The minimum Gasteiger partial charge on any atom is -0.493 e. The fraction of sp³-hybridized carbons (Fsp3) is 0.357. The second-order valence-electron chi connectivity index (χ2n) is 4.68. The van der Waals surface area contributed by atoms with Gasteiger partial charge < -0.3 is 9.47 Å². The smallest absolute Gasteiger partial charge is 0.258 e. The number of amides is 1. The summed E-state index contributed by atoms with van der Waals surface area (Å²) >= 11 is 1.64. The van der Waals surface area contributed by atoms with E-state index in [1.807, 2.05) is 4.57 Å². The summed E-state index contributed by atoms with van der Waals surface area (Å²) in [5.74, 6) is 2.33. The van der Waals surface area contributed by atoms with Crippen LogP contribution in [0.5, 0.6) is 11.5 Å². The van der Waals surface area contributed by atoms with Crippen molar-refractivity contribution in [3.8, 4) is 11.5 Å². The number of hydrogen-bond donors (Lipinski definition) is 1. The van der Waals surface area contributed by atoms with Crippen LogP contribution in [-0.4, -0.2) is 40.6 Å². The number of fused-ring (bicyclic) bond motifs is 1. The van der Waals surface area contributed by atoms with Gasteiger partial charge in [0.05, 0.1) is 14.2 Å². The molecule has 1 aliphatic heterocycles. The summed E-state index contributed by atoms with van der Waals surface area (Å²) in [4.78, 5) is 12.4. The summed E-state index contributed by atoms with van der Waals surface area (Å²) in [6, 6.07) is 5.01. The summed E-state index contributed by atoms with van der Waals surface area (Å²) in [6.45, 7) is 0.816. The lowest BCUT2D eigenvalue weighted by atomic mass is 10.2. The highest BCUT2D eigenvalue weighted by atomic mass is 32.2. The maximum absolute atomic E-state index is 12.4. The lowest BCUT2D eigenvalue weighted by Crippen LogP contribution is -2.17. The summed E-state index contributed by atoms with van der Waals surface area (Å²) in [6.07, 6.45) is 1.04. The van der Waals surface area contributed by atoms with E-state index in [9.17, 15) is 4.79 Å². The van der Waals surface area contributed by atoms with E-state index in [1.165, 1.54) is 7.11 Å². The van der Waals surface area contributed by atoms with E-state index in [2.05, 4.69) is 15.5 Å². The van der Waals surface area contributed by atoms with Crippen molar-refractivity contribution in [1.29, 1.82) is 0 Å². The first-order chi connectivity index (χ1) is 10.7. The molecular weight excluding hydrogens is 304 g/mol. The lowest BCUT2D eigenvalue weighted by Gasteiger charge is -2.14. The number of ether oxygens (including phenoxy) is 2. The predicted octanol–water partition coefficient (Wildman–Crippen LogP) is 2.04. The second-order valence-corrected chi connectivity index (χ2v) is 5.75. The SMILES string of the molecule is COc1ccc(C(=O)Nc2nnc3n2CCCS3)cc1OC. The third-order valence-electron chi connectivity index (χ3n) is 3.35. The molecule has 0 bridgehead atoms. The zero-order valence-corrected chi connectivity index (χ0v) is 13.1. The normalized spacial score (nSPS) is 13.4. The van der Waals surface area contributed by atoms with E-state index in [4.69, 9.17) is 9.47 Å². The third kappa shape index (κ3) is 2.74. The molecule has 2 heterocycles. The largest absolute Gasteiger partial charge is 0.493 e. The van der Waals surface area contributed by atoms with Crippen LogP contribution in [0.4, 0.5) is 5.95 Å². The van der Waals surface area contributed by atoms with Gasteiger partial charge >= 0.3 is 0 Å². The Hall–Kier alpha value is -2.22. The van der Waals surface area contributed by atoms with Crippen molar-refractivity contribution >= 4 is 23.6 Å². The summed E-state index contributed by atoms with van der Waals surface area (Å²) in [5, 5.41) is 11.8. The molecule has 0 aliphatic carbocycles. The van der Waals surface area contributed by atoms with Crippen LogP contribution in [0.3, 0.4) is 0 Å². The van der Waals surface area contributed by atoms with E-state index in [1.54, 1.807) is 37.1 Å². The standard InChI is InChI=1S/C14H16N4O3S/c1-20-10-5-4-9(8-11(10)21-2)12(19)15-13-16-17-14-18(13)6-3-7-22-14/h4-5,8H,3,6-7H2,1-2H3,(H,15,16,19). The maximum atomic E-state index is 12.4. The molecule has 0 unspecified atom stereocenters. The van der Waals surface area contributed by atoms with Crippen LogP contribution in [0, 0.1) is 0 Å². The van der Waals surface area contributed by atoms with Gasteiger partial charge in [0, 0.05) is 17.9 Å². The minimum absolute atomic E-state index is 0.258. The molecule has 7 nitrogen and oxygen atoms in total. The first kappa shape index (κ1) is 14.7. The average Bonchev–Trinajstić information content (AvgIpc) is 2.97. The number of nitrogens with zero attached hydrogens (tertiary/aromatic N) is 3. The summed E-state index contributed by atoms with van der Waals surface area (Å²) in [5.41, 5.74) is 0.471. The summed E-state index contributed by atoms with van der Waals surface area (Å²) in [7, 11) is 3.09. The highest BCUT2D eigenvalue weighted by molar-refractivity contribution is 7.99. The number of anilines is 1. The molecule has 2 aromatic rings. The molecule has 3 rings (SSSR count). The number of carbonyl (C=O) groups is 1. The molecule has 1 N–H and O–H groups in total. The van der Waals surface area contributed by atoms with Gasteiger partial charge in [-0.05, 0) is 24.6 Å². The molecule has 8 heteroatoms. The van der Waals surface area contributed by atoms with Crippen LogP contribution < -0.4 is 14.8 Å². The highest BCUT2D eigenvalue weighted by Crippen LogP contribution is 2.29. The quantitative estimate of drug-likeness (QED) is 0.929. The molecule has 0 atom stereocenters. The van der Waals surface area contributed by atoms with Gasteiger partial charge in [0.2, 0.25) is 5.95 Å². The van der Waals surface area contributed by atoms with Crippen LogP contribution in [0.1, 0.15) is 16.8 Å². The van der Waals surface area contributed by atoms with E-state index in [-0.39, 0.29) is 5.91 Å². The zero-order chi connectivity index (χ0) is 15.5. The fourth-order valence-corrected chi connectivity index (χ4v) is 3.11. The Morgan fingerprint density at radius 1 is 1.27 bits per heavy atom. The molecule has 0 saturated carbocycles. The number of methoxy groups -OCH3 is 2. The van der Waals surface area contributed by atoms with Crippen molar-refractivity contribution in [2.75, 3.05) is 25.3 Å². The molecular formula is C14H16N4O3S. The summed E-state index contributed by atoms with van der Waals surface area (Å²) < 4.78 is 12.3.